The van der Waals surface area contributed by atoms with Crippen LogP contribution < -0.4 is 4.90 Å². The molecule has 1 aromatic carbocycles. The Bertz CT molecular complexity index is 508. The van der Waals surface area contributed by atoms with Gasteiger partial charge in [-0.25, -0.2) is 4.98 Å². The van der Waals surface area contributed by atoms with Crippen LogP contribution in [0.4, 0.5) is 5.69 Å². The maximum Gasteiger partial charge on any atom is 0.129 e. The molecule has 0 fully saturated rings. The largest absolute Gasteiger partial charge is 0.366 e. The molecule has 0 bridgehead atoms. The van der Waals surface area contributed by atoms with Crippen LogP contribution >= 0.6 is 11.6 Å². The Morgan fingerprint density at radius 1 is 1.11 bits per heavy atom. The Morgan fingerprint density at radius 3 is 2.44 bits per heavy atom. The Kier molecular flexibility index (Phi) is 4.21. The first-order valence-electron chi connectivity index (χ1n) is 6.12. The average Bonchev–Trinajstić information content (AvgIpc) is 2.37. The monoisotopic (exact) mass is 260 g/mol. The number of rotatable bonds is 4. The van der Waals surface area contributed by atoms with Crippen molar-refractivity contribution in [2.45, 2.75) is 20.4 Å². The van der Waals surface area contributed by atoms with Gasteiger partial charge >= 0.3 is 0 Å². The molecule has 94 valence electrons. The molecule has 0 unspecified atom stereocenters. The third kappa shape index (κ3) is 3.23. The molecule has 1 aromatic heterocycles. The van der Waals surface area contributed by atoms with Crippen molar-refractivity contribution < 1.29 is 0 Å². The standard InChI is InChI=1S/C15H17ClN2/c1-3-18(14-9-7-12(2)8-10-14)11-13-5-4-6-15(16)17-13/h4-10H,3,11H2,1-2H3. The van der Waals surface area contributed by atoms with Crippen LogP contribution in [0.3, 0.4) is 0 Å². The molecule has 0 saturated carbocycles. The zero-order valence-corrected chi connectivity index (χ0v) is 11.5. The molecule has 0 saturated heterocycles. The van der Waals surface area contributed by atoms with E-state index in [4.69, 9.17) is 11.6 Å². The van der Waals surface area contributed by atoms with Crippen LogP contribution in [-0.4, -0.2) is 11.5 Å². The maximum atomic E-state index is 5.91. The number of aryl methyl sites for hydroxylation is 1. The summed E-state index contributed by atoms with van der Waals surface area (Å²) >= 11 is 5.91. The lowest BCUT2D eigenvalue weighted by atomic mass is 10.2. The normalized spacial score (nSPS) is 10.4. The van der Waals surface area contributed by atoms with Gasteiger partial charge in [-0.2, -0.15) is 0 Å². The minimum atomic E-state index is 0.549. The second-order valence-electron chi connectivity index (χ2n) is 4.30. The molecule has 0 aliphatic heterocycles. The molecule has 1 heterocycles. The second kappa shape index (κ2) is 5.87. The van der Waals surface area contributed by atoms with Gasteiger partial charge in [-0.15, -0.1) is 0 Å². The molecule has 0 radical (unpaired) electrons. The number of nitrogens with zero attached hydrogens (tertiary/aromatic N) is 2. The molecule has 0 N–H and O–H groups in total. The summed E-state index contributed by atoms with van der Waals surface area (Å²) in [6, 6.07) is 14.3. The van der Waals surface area contributed by atoms with Gasteiger partial charge in [-0.05, 0) is 38.1 Å². The van der Waals surface area contributed by atoms with E-state index in [1.165, 1.54) is 11.3 Å². The highest BCUT2D eigenvalue weighted by atomic mass is 35.5. The van der Waals surface area contributed by atoms with E-state index in [0.717, 1.165) is 18.8 Å². The topological polar surface area (TPSA) is 16.1 Å². The zero-order valence-electron chi connectivity index (χ0n) is 10.7. The van der Waals surface area contributed by atoms with Gasteiger partial charge in [0.05, 0.1) is 12.2 Å². The Hall–Kier alpha value is -1.54. The summed E-state index contributed by atoms with van der Waals surface area (Å²) in [6.07, 6.45) is 0. The van der Waals surface area contributed by atoms with E-state index in [0.29, 0.717) is 5.15 Å². The first kappa shape index (κ1) is 12.9. The van der Waals surface area contributed by atoms with Gasteiger partial charge in [0.15, 0.2) is 0 Å². The lowest BCUT2D eigenvalue weighted by Gasteiger charge is -2.22. The number of pyridine rings is 1. The number of hydrogen-bond donors (Lipinski definition) is 0. The van der Waals surface area contributed by atoms with Crippen molar-refractivity contribution in [1.82, 2.24) is 4.98 Å². The summed E-state index contributed by atoms with van der Waals surface area (Å²) in [5.74, 6) is 0. The number of hydrogen-bond acceptors (Lipinski definition) is 2. The predicted octanol–water partition coefficient (Wildman–Crippen LogP) is 4.07. The number of anilines is 1. The lowest BCUT2D eigenvalue weighted by Crippen LogP contribution is -2.22. The molecular weight excluding hydrogens is 244 g/mol. The molecule has 2 nitrogen and oxygen atoms in total. The zero-order chi connectivity index (χ0) is 13.0. The van der Waals surface area contributed by atoms with Crippen LogP contribution in [0.5, 0.6) is 0 Å². The molecular formula is C15H17ClN2. The molecule has 18 heavy (non-hydrogen) atoms. The fourth-order valence-electron chi connectivity index (χ4n) is 1.88. The highest BCUT2D eigenvalue weighted by Crippen LogP contribution is 2.17. The van der Waals surface area contributed by atoms with E-state index in [1.807, 2.05) is 12.1 Å². The van der Waals surface area contributed by atoms with Crippen LogP contribution in [0.2, 0.25) is 5.15 Å². The van der Waals surface area contributed by atoms with Crippen LogP contribution in [0.25, 0.3) is 0 Å². The van der Waals surface area contributed by atoms with Crippen LogP contribution in [-0.2, 0) is 6.54 Å². The maximum absolute atomic E-state index is 5.91. The Balaban J connectivity index is 2.17. The molecule has 0 amide bonds. The smallest absolute Gasteiger partial charge is 0.129 e. The summed E-state index contributed by atoms with van der Waals surface area (Å²) in [4.78, 5) is 6.60. The van der Waals surface area contributed by atoms with E-state index in [1.54, 1.807) is 6.07 Å². The first-order valence-corrected chi connectivity index (χ1v) is 6.50. The second-order valence-corrected chi connectivity index (χ2v) is 4.69. The van der Waals surface area contributed by atoms with Crippen molar-refractivity contribution in [1.29, 1.82) is 0 Å². The van der Waals surface area contributed by atoms with Crippen molar-refractivity contribution in [2.75, 3.05) is 11.4 Å². The van der Waals surface area contributed by atoms with Crippen LogP contribution in [0, 0.1) is 6.92 Å². The van der Waals surface area contributed by atoms with Crippen molar-refractivity contribution in [3.63, 3.8) is 0 Å². The fourth-order valence-corrected chi connectivity index (χ4v) is 2.06. The van der Waals surface area contributed by atoms with Crippen molar-refractivity contribution >= 4 is 17.3 Å². The van der Waals surface area contributed by atoms with Crippen molar-refractivity contribution in [3.05, 3.63) is 58.9 Å². The molecule has 3 heteroatoms. The summed E-state index contributed by atoms with van der Waals surface area (Å²) in [5, 5.41) is 0.549. The number of benzene rings is 1. The molecule has 0 aliphatic rings. The van der Waals surface area contributed by atoms with E-state index in [2.05, 4.69) is 48.0 Å². The summed E-state index contributed by atoms with van der Waals surface area (Å²) in [7, 11) is 0. The highest BCUT2D eigenvalue weighted by molar-refractivity contribution is 6.29. The summed E-state index contributed by atoms with van der Waals surface area (Å²) < 4.78 is 0. The van der Waals surface area contributed by atoms with Crippen LogP contribution in [0.1, 0.15) is 18.2 Å². The molecule has 2 aromatic rings. The van der Waals surface area contributed by atoms with Crippen molar-refractivity contribution in [2.24, 2.45) is 0 Å². The number of halogens is 1. The fraction of sp³-hybridized carbons (Fsp3) is 0.267. The quantitative estimate of drug-likeness (QED) is 0.771. The van der Waals surface area contributed by atoms with Gasteiger partial charge in [-0.1, -0.05) is 35.4 Å². The lowest BCUT2D eigenvalue weighted by molar-refractivity contribution is 0.809. The molecule has 0 aliphatic carbocycles. The summed E-state index contributed by atoms with van der Waals surface area (Å²) in [5.41, 5.74) is 3.48. The van der Waals surface area contributed by atoms with Gasteiger partial charge in [0, 0.05) is 12.2 Å². The minimum absolute atomic E-state index is 0.549. The third-order valence-corrected chi connectivity index (χ3v) is 3.12. The summed E-state index contributed by atoms with van der Waals surface area (Å²) in [6.45, 7) is 5.96. The van der Waals surface area contributed by atoms with Crippen LogP contribution in [0.15, 0.2) is 42.5 Å². The van der Waals surface area contributed by atoms with Gasteiger partial charge in [0.25, 0.3) is 0 Å². The Morgan fingerprint density at radius 2 is 1.83 bits per heavy atom. The molecule has 0 atom stereocenters. The van der Waals surface area contributed by atoms with Gasteiger partial charge in [0.1, 0.15) is 5.15 Å². The average molecular weight is 261 g/mol. The van der Waals surface area contributed by atoms with Crippen molar-refractivity contribution in [3.8, 4) is 0 Å². The highest BCUT2D eigenvalue weighted by Gasteiger charge is 2.06. The third-order valence-electron chi connectivity index (χ3n) is 2.91. The Labute approximate surface area is 113 Å². The number of aromatic nitrogens is 1. The van der Waals surface area contributed by atoms with Gasteiger partial charge < -0.3 is 4.90 Å². The molecule has 0 spiro atoms. The van der Waals surface area contributed by atoms with Gasteiger partial charge in [-0.3, -0.25) is 0 Å². The first-order chi connectivity index (χ1) is 8.69. The van der Waals surface area contributed by atoms with E-state index in [9.17, 15) is 0 Å². The van der Waals surface area contributed by atoms with E-state index >= 15 is 0 Å². The van der Waals surface area contributed by atoms with E-state index < -0.39 is 0 Å². The SMILES string of the molecule is CCN(Cc1cccc(Cl)n1)c1ccc(C)cc1. The minimum Gasteiger partial charge on any atom is -0.366 e. The predicted molar refractivity (Wildman–Crippen MR) is 77.2 cm³/mol. The van der Waals surface area contributed by atoms with E-state index in [-0.39, 0.29) is 0 Å². The molecule has 2 rings (SSSR count). The van der Waals surface area contributed by atoms with Gasteiger partial charge in [0.2, 0.25) is 0 Å².